The summed E-state index contributed by atoms with van der Waals surface area (Å²) < 4.78 is 32.2. The number of aliphatic hydroxyl groups excluding tert-OH is 3. The van der Waals surface area contributed by atoms with Gasteiger partial charge in [0.05, 0.1) is 18.8 Å². The molecule has 4 aliphatic rings. The van der Waals surface area contributed by atoms with Crippen LogP contribution in [0.25, 0.3) is 11.0 Å². The smallest absolute Gasteiger partial charge is 0.340 e. The van der Waals surface area contributed by atoms with E-state index < -0.39 is 54.7 Å². The molecule has 11 nitrogen and oxygen atoms in total. The first-order valence-corrected chi connectivity index (χ1v) is 25.7. The highest BCUT2D eigenvalue weighted by molar-refractivity contribution is 5.90. The molecule has 6 aromatic rings. The highest BCUT2D eigenvalue weighted by Gasteiger charge is 2.53. The van der Waals surface area contributed by atoms with Crippen molar-refractivity contribution in [3.63, 3.8) is 0 Å². The van der Waals surface area contributed by atoms with Gasteiger partial charge in [0, 0.05) is 47.3 Å². The van der Waals surface area contributed by atoms with Crippen molar-refractivity contribution in [3.05, 3.63) is 205 Å². The summed E-state index contributed by atoms with van der Waals surface area (Å²) in [7, 11) is 0. The number of hydrogen-bond acceptors (Lipinski definition) is 11. The van der Waals surface area contributed by atoms with Crippen LogP contribution in [0.3, 0.4) is 0 Å². The maximum Gasteiger partial charge on any atom is 0.340 e. The number of ether oxygens (including phenoxy) is 4. The SMILES string of the molecule is CC(C)=C1CCc2ccc(cc2)[C@@H]2C=C[C@@H](c3cccc(Cc4ccccc4)c3)C[C@H]2CC(=O)O[C@@H]2c3c(ccc4c(CO)c([C@H](CCO)COCO)c(=O)oc34)O[C@@](C)(CCCc3ccccc3)[C@H]2OC1=O. The second-order valence-corrected chi connectivity index (χ2v) is 20.3. The molecule has 380 valence electrons. The van der Waals surface area contributed by atoms with Gasteiger partial charge >= 0.3 is 17.6 Å². The number of esters is 2. The van der Waals surface area contributed by atoms with Crippen LogP contribution < -0.4 is 10.4 Å². The van der Waals surface area contributed by atoms with E-state index in [0.717, 1.165) is 34.2 Å². The molecule has 73 heavy (non-hydrogen) atoms. The van der Waals surface area contributed by atoms with Gasteiger partial charge in [0.2, 0.25) is 0 Å². The Morgan fingerprint density at radius 1 is 0.795 bits per heavy atom. The van der Waals surface area contributed by atoms with Crippen molar-refractivity contribution in [2.45, 2.75) is 121 Å². The van der Waals surface area contributed by atoms with Crippen LogP contribution in [0.15, 0.2) is 154 Å². The molecule has 3 aliphatic heterocycles. The average molecular weight is 987 g/mol. The highest BCUT2D eigenvalue weighted by atomic mass is 16.6. The first kappa shape index (κ1) is 51.3. The van der Waals surface area contributed by atoms with E-state index in [9.17, 15) is 24.9 Å². The average Bonchev–Trinajstić information content (AvgIpc) is 3.39. The van der Waals surface area contributed by atoms with Gasteiger partial charge in [-0.3, -0.25) is 4.79 Å². The first-order chi connectivity index (χ1) is 35.5. The van der Waals surface area contributed by atoms with Crippen molar-refractivity contribution >= 4 is 22.9 Å². The van der Waals surface area contributed by atoms with E-state index in [1.165, 1.54) is 11.1 Å². The molecule has 10 rings (SSSR count). The quantitative estimate of drug-likeness (QED) is 0.0313. The highest BCUT2D eigenvalue weighted by Crippen LogP contribution is 2.50. The van der Waals surface area contributed by atoms with Crippen LogP contribution in [-0.4, -0.2) is 59.0 Å². The number of fused-ring (bicyclic) bond motifs is 11. The maximum atomic E-state index is 15.2. The summed E-state index contributed by atoms with van der Waals surface area (Å²) in [4.78, 5) is 44.5. The minimum Gasteiger partial charge on any atom is -0.483 e. The molecule has 0 spiro atoms. The van der Waals surface area contributed by atoms with Crippen molar-refractivity contribution in [2.75, 3.05) is 20.0 Å². The van der Waals surface area contributed by atoms with E-state index in [2.05, 4.69) is 97.1 Å². The third-order valence-corrected chi connectivity index (χ3v) is 15.2. The van der Waals surface area contributed by atoms with Crippen LogP contribution >= 0.6 is 0 Å². The molecule has 0 radical (unpaired) electrons. The molecule has 0 unspecified atom stereocenters. The van der Waals surface area contributed by atoms with Crippen LogP contribution in [-0.2, 0) is 49.7 Å². The Hall–Kier alpha value is -6.63. The van der Waals surface area contributed by atoms with Gasteiger partial charge < -0.3 is 38.7 Å². The fourth-order valence-corrected chi connectivity index (χ4v) is 11.4. The van der Waals surface area contributed by atoms with E-state index in [1.54, 1.807) is 12.1 Å². The molecule has 0 saturated carbocycles. The molecule has 4 heterocycles. The van der Waals surface area contributed by atoms with Gasteiger partial charge in [-0.2, -0.15) is 0 Å². The minimum absolute atomic E-state index is 0.0108. The molecule has 7 atom stereocenters. The Balaban J connectivity index is 1.16. The van der Waals surface area contributed by atoms with Crippen molar-refractivity contribution in [2.24, 2.45) is 5.92 Å². The second-order valence-electron chi connectivity index (χ2n) is 20.3. The number of aryl methyl sites for hydroxylation is 2. The topological polar surface area (TPSA) is 162 Å². The molecule has 1 aliphatic carbocycles. The lowest BCUT2D eigenvalue weighted by Crippen LogP contribution is -2.54. The van der Waals surface area contributed by atoms with E-state index in [4.69, 9.17) is 23.4 Å². The Bertz CT molecular complexity index is 3010. The summed E-state index contributed by atoms with van der Waals surface area (Å²) in [5.41, 5.74) is 6.60. The van der Waals surface area contributed by atoms with Crippen LogP contribution in [0.5, 0.6) is 5.75 Å². The summed E-state index contributed by atoms with van der Waals surface area (Å²) in [6.07, 6.45) is 6.20. The summed E-state index contributed by atoms with van der Waals surface area (Å²) >= 11 is 0. The van der Waals surface area contributed by atoms with Gasteiger partial charge in [-0.25, -0.2) is 9.59 Å². The van der Waals surface area contributed by atoms with Crippen LogP contribution in [0.4, 0.5) is 0 Å². The zero-order valence-electron chi connectivity index (χ0n) is 42.0. The minimum atomic E-state index is -1.33. The van der Waals surface area contributed by atoms with Gasteiger partial charge in [0.15, 0.2) is 12.2 Å². The number of hydrogen-bond donors (Lipinski definition) is 3. The summed E-state index contributed by atoms with van der Waals surface area (Å²) in [6, 6.07) is 41.0. The third-order valence-electron chi connectivity index (χ3n) is 15.2. The van der Waals surface area contributed by atoms with Gasteiger partial charge in [-0.05, 0) is 129 Å². The van der Waals surface area contributed by atoms with Crippen LogP contribution in [0.2, 0.25) is 0 Å². The van der Waals surface area contributed by atoms with E-state index in [1.807, 2.05) is 45.0 Å². The Kier molecular flexibility index (Phi) is 16.2. The number of carbonyl (C=O) groups is 2. The van der Waals surface area contributed by atoms with Crippen molar-refractivity contribution in [1.82, 2.24) is 0 Å². The zero-order chi connectivity index (χ0) is 51.1. The lowest BCUT2D eigenvalue weighted by atomic mass is 9.72. The monoisotopic (exact) mass is 986 g/mol. The second kappa shape index (κ2) is 23.1. The predicted octanol–water partition coefficient (Wildman–Crippen LogP) is 10.8. The Labute approximate surface area is 427 Å². The molecule has 0 saturated heterocycles. The Morgan fingerprint density at radius 3 is 2.25 bits per heavy atom. The fraction of sp³-hybridized carbons (Fsp3) is 0.371. The standard InChI is InChI=1S/C62H66O11/c1-39(2)49-25-21-41-19-22-44(23-20-41)50-26-24-46(45-18-10-16-43(33-45)32-42-14-8-5-9-15-42)34-48(50)35-54(66)70-58-56-53(73-62(3,59(58)72-60(49)67)30-11-17-40-12-6-4-7-13-40)28-27-51-52(36-64)55(61(68)71-57(51)56)47(29-31-63)37-69-38-65/h4-10,12-16,18-20,22-24,26-28,33,46-48,50,58-59,63-65H,11,17,21,25,29-32,34-38H2,1-3H3/t46-,47-,48+,50+,58-,59+,62+/m1/s1. The normalized spacial score (nSPS) is 22.4. The number of aliphatic hydroxyl groups is 3. The van der Waals surface area contributed by atoms with Crippen molar-refractivity contribution in [3.8, 4) is 5.75 Å². The molecule has 3 N–H and O–H groups in total. The van der Waals surface area contributed by atoms with Crippen molar-refractivity contribution < 1.29 is 48.3 Å². The van der Waals surface area contributed by atoms with E-state index in [0.29, 0.717) is 49.5 Å². The van der Waals surface area contributed by atoms with Gasteiger partial charge in [0.1, 0.15) is 23.7 Å². The molecular weight excluding hydrogens is 921 g/mol. The molecule has 2 bridgehead atoms. The van der Waals surface area contributed by atoms with Crippen LogP contribution in [0.1, 0.15) is 133 Å². The van der Waals surface area contributed by atoms with Gasteiger partial charge in [0.25, 0.3) is 0 Å². The predicted molar refractivity (Wildman–Crippen MR) is 279 cm³/mol. The molecule has 11 heteroatoms. The third kappa shape index (κ3) is 11.5. The Morgan fingerprint density at radius 2 is 1.53 bits per heavy atom. The number of carbonyl (C=O) groups excluding carboxylic acids is 2. The molecule has 5 aromatic carbocycles. The van der Waals surface area contributed by atoms with E-state index in [-0.39, 0.29) is 71.8 Å². The summed E-state index contributed by atoms with van der Waals surface area (Å²) in [5, 5.41) is 30.9. The fourth-order valence-electron chi connectivity index (χ4n) is 11.4. The van der Waals surface area contributed by atoms with Crippen LogP contribution in [0, 0.1) is 5.92 Å². The largest absolute Gasteiger partial charge is 0.483 e. The molecular formula is C62H66O11. The summed E-state index contributed by atoms with van der Waals surface area (Å²) in [5.74, 6) is -1.85. The zero-order valence-corrected chi connectivity index (χ0v) is 42.0. The van der Waals surface area contributed by atoms with Gasteiger partial charge in [-0.15, -0.1) is 0 Å². The number of rotatable bonds is 14. The molecule has 0 fully saturated rings. The van der Waals surface area contributed by atoms with Gasteiger partial charge in [-0.1, -0.05) is 127 Å². The first-order valence-electron chi connectivity index (χ1n) is 25.7. The number of benzene rings is 5. The van der Waals surface area contributed by atoms with Crippen molar-refractivity contribution in [1.29, 1.82) is 0 Å². The summed E-state index contributed by atoms with van der Waals surface area (Å²) in [6.45, 7) is 4.02. The molecule has 1 aromatic heterocycles. The lowest BCUT2D eigenvalue weighted by Gasteiger charge is -2.45. The number of allylic oxidation sites excluding steroid dienone is 3. The maximum absolute atomic E-state index is 15.2. The lowest BCUT2D eigenvalue weighted by molar-refractivity contribution is -0.192. The van der Waals surface area contributed by atoms with E-state index >= 15 is 4.79 Å². The molecule has 0 amide bonds.